The molecule has 0 aromatic heterocycles. The Kier molecular flexibility index (Phi) is 1.60. The summed E-state index contributed by atoms with van der Waals surface area (Å²) in [5.41, 5.74) is 7.10. The van der Waals surface area contributed by atoms with E-state index in [0.717, 1.165) is 12.8 Å². The van der Waals surface area contributed by atoms with E-state index in [1.807, 2.05) is 0 Å². The number of hydrogen-bond acceptors (Lipinski definition) is 0. The third kappa shape index (κ3) is 1.05. The number of hydrogen-bond donors (Lipinski definition) is 0. The van der Waals surface area contributed by atoms with E-state index in [4.69, 9.17) is 0 Å². The van der Waals surface area contributed by atoms with Gasteiger partial charge in [-0.1, -0.05) is 0 Å². The van der Waals surface area contributed by atoms with Gasteiger partial charge in [-0.2, -0.15) is 0 Å². The van der Waals surface area contributed by atoms with Crippen LogP contribution in [0.25, 0.3) is 5.57 Å². The summed E-state index contributed by atoms with van der Waals surface area (Å²) in [5.74, 6) is 0. The molecule has 0 N–H and O–H groups in total. The van der Waals surface area contributed by atoms with E-state index in [9.17, 15) is 0 Å². The zero-order valence-corrected chi connectivity index (χ0v) is 8.09. The molecule has 0 amide bonds. The zero-order valence-electron chi connectivity index (χ0n) is 8.09. The minimum absolute atomic E-state index is 1.06. The summed E-state index contributed by atoms with van der Waals surface area (Å²) in [5, 5.41) is 0. The summed E-state index contributed by atoms with van der Waals surface area (Å²) in [7, 11) is 4.02. The summed E-state index contributed by atoms with van der Waals surface area (Å²) in [4.78, 5) is 0. The third-order valence-corrected chi connectivity index (χ3v) is 3.02. The molecule has 66 valence electrons. The molecule has 0 unspecified atom stereocenters. The van der Waals surface area contributed by atoms with Crippen molar-refractivity contribution < 1.29 is 0 Å². The molecule has 1 aromatic carbocycles. The second kappa shape index (κ2) is 2.81. The Balaban J connectivity index is 2.14. The summed E-state index contributed by atoms with van der Waals surface area (Å²) >= 11 is 0. The Morgan fingerprint density at radius 3 is 2.79 bits per heavy atom. The standard InChI is InChI=1S/C13H11B/c14-11-5-6-13-10(8-11)7-9-3-1-2-4-12(9)13/h1-6,14H,7-8H2. The summed E-state index contributed by atoms with van der Waals surface area (Å²) < 4.78 is 0. The van der Waals surface area contributed by atoms with E-state index in [1.165, 1.54) is 22.2 Å². The molecule has 0 radical (unpaired) electrons. The number of benzene rings is 1. The normalized spacial score (nSPS) is 18.4. The van der Waals surface area contributed by atoms with Crippen LogP contribution in [0.5, 0.6) is 0 Å². The van der Waals surface area contributed by atoms with Crippen LogP contribution in [0.1, 0.15) is 17.5 Å². The van der Waals surface area contributed by atoms with Gasteiger partial charge >= 0.3 is 84.5 Å². The van der Waals surface area contributed by atoms with Crippen molar-refractivity contribution in [3.8, 4) is 0 Å². The fourth-order valence-electron chi connectivity index (χ4n) is 2.35. The van der Waals surface area contributed by atoms with Crippen molar-refractivity contribution in [3.05, 3.63) is 53.1 Å². The number of fused-ring (bicyclic) bond motifs is 2. The van der Waals surface area contributed by atoms with Gasteiger partial charge in [0.2, 0.25) is 0 Å². The SMILES string of the molecule is B=C1C=CC2=C(C1)Cc1ccccc12. The van der Waals surface area contributed by atoms with Crippen LogP contribution in [0.2, 0.25) is 0 Å². The second-order valence-electron chi connectivity index (χ2n) is 4.02. The first kappa shape index (κ1) is 7.99. The first-order chi connectivity index (χ1) is 6.84. The van der Waals surface area contributed by atoms with E-state index in [2.05, 4.69) is 43.9 Å². The van der Waals surface area contributed by atoms with Crippen molar-refractivity contribution in [1.82, 2.24) is 0 Å². The van der Waals surface area contributed by atoms with Gasteiger partial charge in [-0.3, -0.25) is 0 Å². The Labute approximate surface area is 85.0 Å². The van der Waals surface area contributed by atoms with Gasteiger partial charge in [0.05, 0.1) is 0 Å². The molecule has 2 aliphatic carbocycles. The van der Waals surface area contributed by atoms with Crippen LogP contribution in [0, 0.1) is 0 Å². The van der Waals surface area contributed by atoms with Gasteiger partial charge in [-0.05, 0) is 0 Å². The van der Waals surface area contributed by atoms with E-state index >= 15 is 0 Å². The second-order valence-corrected chi connectivity index (χ2v) is 4.02. The molecule has 1 heteroatoms. The molecule has 0 bridgehead atoms. The molecule has 3 rings (SSSR count). The van der Waals surface area contributed by atoms with Crippen molar-refractivity contribution in [2.24, 2.45) is 0 Å². The van der Waals surface area contributed by atoms with E-state index in [1.54, 1.807) is 5.57 Å². The van der Waals surface area contributed by atoms with E-state index in [-0.39, 0.29) is 0 Å². The van der Waals surface area contributed by atoms with Crippen LogP contribution in [0.3, 0.4) is 0 Å². The first-order valence-electron chi connectivity index (χ1n) is 5.01. The van der Waals surface area contributed by atoms with Crippen molar-refractivity contribution in [2.45, 2.75) is 12.8 Å². The molecule has 1 aromatic rings. The van der Waals surface area contributed by atoms with E-state index < -0.39 is 0 Å². The van der Waals surface area contributed by atoms with Crippen molar-refractivity contribution in [3.63, 3.8) is 0 Å². The first-order valence-corrected chi connectivity index (χ1v) is 5.01. The average Bonchev–Trinajstić information content (AvgIpc) is 2.54. The predicted molar refractivity (Wildman–Crippen MR) is 63.0 cm³/mol. The predicted octanol–water partition coefficient (Wildman–Crippen LogP) is 2.03. The Morgan fingerprint density at radius 2 is 1.86 bits per heavy atom. The summed E-state index contributed by atoms with van der Waals surface area (Å²) in [6.07, 6.45) is 6.53. The fourth-order valence-corrected chi connectivity index (χ4v) is 2.35. The van der Waals surface area contributed by atoms with Gasteiger partial charge in [0.25, 0.3) is 0 Å². The molecule has 0 atom stereocenters. The van der Waals surface area contributed by atoms with Crippen molar-refractivity contribution >= 4 is 18.5 Å². The monoisotopic (exact) mass is 178 g/mol. The van der Waals surface area contributed by atoms with Gasteiger partial charge in [0.1, 0.15) is 0 Å². The van der Waals surface area contributed by atoms with Gasteiger partial charge < -0.3 is 0 Å². The Morgan fingerprint density at radius 1 is 1.00 bits per heavy atom. The fraction of sp³-hybridized carbons (Fsp3) is 0.154. The molecular formula is C13H11B. The van der Waals surface area contributed by atoms with Gasteiger partial charge in [-0.25, -0.2) is 0 Å². The van der Waals surface area contributed by atoms with Gasteiger partial charge in [-0.15, -0.1) is 0 Å². The molecule has 0 saturated heterocycles. The summed E-state index contributed by atoms with van der Waals surface area (Å²) in [6, 6.07) is 8.68. The number of allylic oxidation sites excluding steroid dienone is 4. The Hall–Kier alpha value is -1.37. The molecule has 14 heavy (non-hydrogen) atoms. The quantitative estimate of drug-likeness (QED) is 0.533. The minimum atomic E-state index is 1.06. The maximum absolute atomic E-state index is 4.02. The maximum atomic E-state index is 4.02. The zero-order chi connectivity index (χ0) is 9.54. The van der Waals surface area contributed by atoms with Crippen LogP contribution in [-0.4, -0.2) is 13.0 Å². The van der Waals surface area contributed by atoms with Gasteiger partial charge in [0.15, 0.2) is 0 Å². The molecule has 0 nitrogen and oxygen atoms in total. The van der Waals surface area contributed by atoms with Crippen LogP contribution in [0.4, 0.5) is 0 Å². The van der Waals surface area contributed by atoms with Crippen LogP contribution in [0.15, 0.2) is 42.0 Å². The molecule has 0 fully saturated rings. The molecule has 0 saturated carbocycles. The number of rotatable bonds is 0. The van der Waals surface area contributed by atoms with Crippen molar-refractivity contribution in [2.75, 3.05) is 0 Å². The average molecular weight is 178 g/mol. The van der Waals surface area contributed by atoms with E-state index in [0.29, 0.717) is 0 Å². The molecule has 0 aliphatic heterocycles. The van der Waals surface area contributed by atoms with Crippen LogP contribution in [-0.2, 0) is 6.42 Å². The van der Waals surface area contributed by atoms with Crippen LogP contribution < -0.4 is 0 Å². The van der Waals surface area contributed by atoms with Gasteiger partial charge in [0, 0.05) is 0 Å². The Bertz CT molecular complexity index is 478. The molecule has 0 heterocycles. The molecule has 0 spiro atoms. The molecule has 2 aliphatic rings. The van der Waals surface area contributed by atoms with Crippen molar-refractivity contribution in [1.29, 1.82) is 0 Å². The topological polar surface area (TPSA) is 0 Å². The third-order valence-electron chi connectivity index (χ3n) is 3.02. The van der Waals surface area contributed by atoms with Crippen LogP contribution >= 0.6 is 0 Å². The summed E-state index contributed by atoms with van der Waals surface area (Å²) in [6.45, 7) is 0. The molecular weight excluding hydrogens is 167 g/mol.